The third-order valence-electron chi connectivity index (χ3n) is 3.70. The molecule has 0 fully saturated rings. The molecule has 0 atom stereocenters. The molecule has 2 rings (SSSR count). The molecule has 3 nitrogen and oxygen atoms in total. The lowest BCUT2D eigenvalue weighted by Gasteiger charge is -2.23. The van der Waals surface area contributed by atoms with Crippen LogP contribution in [0.4, 0.5) is 5.69 Å². The molecule has 1 heterocycles. The van der Waals surface area contributed by atoms with Gasteiger partial charge in [0.2, 0.25) is 0 Å². The predicted molar refractivity (Wildman–Crippen MR) is 89.8 cm³/mol. The highest BCUT2D eigenvalue weighted by molar-refractivity contribution is 5.54. The molecule has 0 amide bonds. The normalized spacial score (nSPS) is 10.6. The van der Waals surface area contributed by atoms with Crippen molar-refractivity contribution in [3.05, 3.63) is 59.4 Å². The Morgan fingerprint density at radius 3 is 2.62 bits per heavy atom. The fourth-order valence-electron chi connectivity index (χ4n) is 2.45. The van der Waals surface area contributed by atoms with Crippen LogP contribution in [0.5, 0.6) is 0 Å². The fourth-order valence-corrected chi connectivity index (χ4v) is 2.45. The molecule has 1 aromatic carbocycles. The highest BCUT2D eigenvalue weighted by atomic mass is 15.1. The summed E-state index contributed by atoms with van der Waals surface area (Å²) in [6.45, 7) is 7.21. The van der Waals surface area contributed by atoms with Crippen LogP contribution in [0.2, 0.25) is 0 Å². The van der Waals surface area contributed by atoms with E-state index < -0.39 is 0 Å². The summed E-state index contributed by atoms with van der Waals surface area (Å²) in [7, 11) is 2.17. The van der Waals surface area contributed by atoms with Crippen LogP contribution in [0, 0.1) is 6.92 Å². The zero-order chi connectivity index (χ0) is 15.1. The van der Waals surface area contributed by atoms with Crippen molar-refractivity contribution in [3.63, 3.8) is 0 Å². The van der Waals surface area contributed by atoms with Crippen LogP contribution in [-0.2, 0) is 13.0 Å². The molecule has 0 aliphatic heterocycles. The van der Waals surface area contributed by atoms with E-state index in [0.717, 1.165) is 26.1 Å². The maximum Gasteiger partial charge on any atom is 0.0409 e. The summed E-state index contributed by atoms with van der Waals surface area (Å²) < 4.78 is 0. The third-order valence-corrected chi connectivity index (χ3v) is 3.70. The van der Waals surface area contributed by atoms with E-state index in [1.165, 1.54) is 22.4 Å². The van der Waals surface area contributed by atoms with Crippen molar-refractivity contribution in [1.29, 1.82) is 0 Å². The maximum atomic E-state index is 4.07. The highest BCUT2D eigenvalue weighted by Crippen LogP contribution is 2.21. The van der Waals surface area contributed by atoms with Gasteiger partial charge in [0.05, 0.1) is 0 Å². The first-order chi connectivity index (χ1) is 10.2. The summed E-state index contributed by atoms with van der Waals surface area (Å²) in [5, 5.41) is 3.43. The number of anilines is 1. The first kappa shape index (κ1) is 15.5. The molecule has 0 bridgehead atoms. The number of nitrogens with zero attached hydrogens (tertiary/aromatic N) is 2. The molecule has 0 aliphatic rings. The Morgan fingerprint density at radius 2 is 1.90 bits per heavy atom. The van der Waals surface area contributed by atoms with Gasteiger partial charge in [-0.1, -0.05) is 24.6 Å². The zero-order valence-electron chi connectivity index (χ0n) is 13.3. The van der Waals surface area contributed by atoms with Crippen molar-refractivity contribution in [3.8, 4) is 0 Å². The maximum absolute atomic E-state index is 4.07. The van der Waals surface area contributed by atoms with E-state index in [0.29, 0.717) is 0 Å². The van der Waals surface area contributed by atoms with E-state index >= 15 is 0 Å². The van der Waals surface area contributed by atoms with E-state index in [2.05, 4.69) is 66.4 Å². The van der Waals surface area contributed by atoms with Gasteiger partial charge in [-0.3, -0.25) is 4.98 Å². The van der Waals surface area contributed by atoms with Gasteiger partial charge in [-0.05, 0) is 49.2 Å². The van der Waals surface area contributed by atoms with Gasteiger partial charge >= 0.3 is 0 Å². The number of benzene rings is 1. The summed E-state index contributed by atoms with van der Waals surface area (Å²) in [5.41, 5.74) is 5.33. The molecule has 0 saturated heterocycles. The largest absolute Gasteiger partial charge is 0.374 e. The Hall–Kier alpha value is -1.87. The van der Waals surface area contributed by atoms with Crippen LogP contribution in [-0.4, -0.2) is 25.1 Å². The Kier molecular flexibility index (Phi) is 5.76. The fraction of sp³-hybridized carbons (Fsp3) is 0.389. The van der Waals surface area contributed by atoms with Crippen molar-refractivity contribution in [2.75, 3.05) is 25.0 Å². The van der Waals surface area contributed by atoms with Crippen LogP contribution in [0.1, 0.15) is 23.6 Å². The summed E-state index contributed by atoms with van der Waals surface area (Å²) in [5.74, 6) is 0. The van der Waals surface area contributed by atoms with Gasteiger partial charge in [-0.2, -0.15) is 0 Å². The number of nitrogens with one attached hydrogen (secondary N) is 1. The standard InChI is InChI=1S/C18H25N3/c1-4-19-14-17-13-15(2)5-6-18(17)21(3)12-9-16-7-10-20-11-8-16/h5-8,10-11,13,19H,4,9,12,14H2,1-3H3. The lowest BCUT2D eigenvalue weighted by atomic mass is 10.1. The summed E-state index contributed by atoms with van der Waals surface area (Å²) >= 11 is 0. The van der Waals surface area contributed by atoms with Gasteiger partial charge in [0.15, 0.2) is 0 Å². The number of hydrogen-bond donors (Lipinski definition) is 1. The van der Waals surface area contributed by atoms with Crippen molar-refractivity contribution >= 4 is 5.69 Å². The van der Waals surface area contributed by atoms with E-state index in [4.69, 9.17) is 0 Å². The Morgan fingerprint density at radius 1 is 1.14 bits per heavy atom. The quantitative estimate of drug-likeness (QED) is 0.846. The number of likely N-dealkylation sites (N-methyl/N-ethyl adjacent to an activating group) is 1. The molecule has 0 unspecified atom stereocenters. The molecule has 21 heavy (non-hydrogen) atoms. The van der Waals surface area contributed by atoms with E-state index in [1.807, 2.05) is 12.4 Å². The van der Waals surface area contributed by atoms with Gasteiger partial charge in [-0.15, -0.1) is 0 Å². The average Bonchev–Trinajstić information content (AvgIpc) is 2.51. The molecule has 112 valence electrons. The van der Waals surface area contributed by atoms with Gasteiger partial charge in [0.1, 0.15) is 0 Å². The minimum atomic E-state index is 0.924. The minimum Gasteiger partial charge on any atom is -0.374 e. The third kappa shape index (κ3) is 4.57. The summed E-state index contributed by atoms with van der Waals surface area (Å²) in [4.78, 5) is 6.41. The summed E-state index contributed by atoms with van der Waals surface area (Å²) in [6, 6.07) is 10.9. The monoisotopic (exact) mass is 283 g/mol. The van der Waals surface area contributed by atoms with E-state index in [1.54, 1.807) is 0 Å². The second-order valence-electron chi connectivity index (χ2n) is 5.44. The molecule has 0 spiro atoms. The molecule has 1 aromatic heterocycles. The first-order valence-electron chi connectivity index (χ1n) is 7.61. The Balaban J connectivity index is 2.05. The Labute approximate surface area is 128 Å². The predicted octanol–water partition coefficient (Wildman–Crippen LogP) is 3.18. The van der Waals surface area contributed by atoms with Crippen molar-refractivity contribution < 1.29 is 0 Å². The molecular formula is C18H25N3. The van der Waals surface area contributed by atoms with E-state index in [9.17, 15) is 0 Å². The second kappa shape index (κ2) is 7.79. The van der Waals surface area contributed by atoms with Gasteiger partial charge < -0.3 is 10.2 Å². The topological polar surface area (TPSA) is 28.2 Å². The zero-order valence-corrected chi connectivity index (χ0v) is 13.3. The number of aryl methyl sites for hydroxylation is 1. The van der Waals surface area contributed by atoms with Crippen molar-refractivity contribution in [2.24, 2.45) is 0 Å². The van der Waals surface area contributed by atoms with Gasteiger partial charge in [0, 0.05) is 38.2 Å². The molecule has 2 aromatic rings. The van der Waals surface area contributed by atoms with Crippen molar-refractivity contribution in [1.82, 2.24) is 10.3 Å². The van der Waals surface area contributed by atoms with Crippen LogP contribution >= 0.6 is 0 Å². The first-order valence-corrected chi connectivity index (χ1v) is 7.61. The molecule has 0 radical (unpaired) electrons. The lowest BCUT2D eigenvalue weighted by molar-refractivity contribution is 0.722. The summed E-state index contributed by atoms with van der Waals surface area (Å²) in [6.07, 6.45) is 4.75. The number of rotatable bonds is 7. The molecule has 3 heteroatoms. The van der Waals surface area contributed by atoms with Crippen LogP contribution in [0.3, 0.4) is 0 Å². The van der Waals surface area contributed by atoms with Gasteiger partial charge in [-0.25, -0.2) is 0 Å². The molecule has 0 aliphatic carbocycles. The van der Waals surface area contributed by atoms with Gasteiger partial charge in [0.25, 0.3) is 0 Å². The minimum absolute atomic E-state index is 0.924. The van der Waals surface area contributed by atoms with Crippen LogP contribution in [0.25, 0.3) is 0 Å². The lowest BCUT2D eigenvalue weighted by Crippen LogP contribution is -2.23. The highest BCUT2D eigenvalue weighted by Gasteiger charge is 2.07. The smallest absolute Gasteiger partial charge is 0.0409 e. The molecule has 1 N–H and O–H groups in total. The molecular weight excluding hydrogens is 258 g/mol. The SMILES string of the molecule is CCNCc1cc(C)ccc1N(C)CCc1ccncc1. The van der Waals surface area contributed by atoms with E-state index in [-0.39, 0.29) is 0 Å². The van der Waals surface area contributed by atoms with Crippen molar-refractivity contribution in [2.45, 2.75) is 26.8 Å². The Bertz CT molecular complexity index is 552. The second-order valence-corrected chi connectivity index (χ2v) is 5.44. The number of aromatic nitrogens is 1. The average molecular weight is 283 g/mol. The van der Waals surface area contributed by atoms with Crippen LogP contribution in [0.15, 0.2) is 42.7 Å². The molecule has 0 saturated carbocycles. The van der Waals surface area contributed by atoms with Crippen LogP contribution < -0.4 is 10.2 Å². The number of pyridine rings is 1. The number of hydrogen-bond acceptors (Lipinski definition) is 3.